The Morgan fingerprint density at radius 2 is 1.46 bits per heavy atom. The summed E-state index contributed by atoms with van der Waals surface area (Å²) in [4.78, 5) is 0. The molecule has 13 heavy (non-hydrogen) atoms. The third-order valence-electron chi connectivity index (χ3n) is 0.586. The van der Waals surface area contributed by atoms with Gasteiger partial charge in [0, 0.05) is 0 Å². The predicted molar refractivity (Wildman–Crippen MR) is 63.6 cm³/mol. The average molecular weight is 283 g/mol. The minimum Gasteiger partial charge on any atom is -0.323 e. The maximum Gasteiger partial charge on any atom is 2.00 e. The molecule has 1 rings (SSSR count). The Kier molecular flexibility index (Phi) is 51.8. The summed E-state index contributed by atoms with van der Waals surface area (Å²) in [5, 5.41) is 0. The quantitative estimate of drug-likeness (QED) is 0.584. The number of allylic oxidation sites excluding steroid dienone is 4. The Labute approximate surface area is 113 Å². The summed E-state index contributed by atoms with van der Waals surface area (Å²) in [6.07, 6.45) is 10.0. The van der Waals surface area contributed by atoms with Gasteiger partial charge in [0.25, 0.3) is 0 Å². The summed E-state index contributed by atoms with van der Waals surface area (Å²) in [6.45, 7) is 6.25. The topological polar surface area (TPSA) is 0 Å². The second-order valence-electron chi connectivity index (χ2n) is 2.50. The fourth-order valence-corrected chi connectivity index (χ4v) is 0.340. The number of hydrogen-bond donors (Lipinski definition) is 0. The molecule has 4 heteroatoms. The van der Waals surface area contributed by atoms with Gasteiger partial charge in [0.05, 0.1) is 0 Å². The number of rotatable bonds is 0. The van der Waals surface area contributed by atoms with E-state index >= 15 is 0 Å². The van der Waals surface area contributed by atoms with Gasteiger partial charge in [-0.2, -0.15) is 26.8 Å². The Bertz CT molecular complexity index is 98.7. The number of halogens is 3. The Morgan fingerprint density at radius 3 is 1.54 bits per heavy atom. The first kappa shape index (κ1) is 29.2. The van der Waals surface area contributed by atoms with Crippen molar-refractivity contribution in [1.29, 1.82) is 0 Å². The van der Waals surface area contributed by atoms with Crippen LogP contribution in [0.3, 0.4) is 0 Å². The van der Waals surface area contributed by atoms with E-state index in [0.717, 1.165) is 6.42 Å². The van der Waals surface area contributed by atoms with Crippen LogP contribution in [-0.2, 0) is 18.6 Å². The summed E-state index contributed by atoms with van der Waals surface area (Å²) in [5.74, 6) is 1.42. The maximum atomic E-state index is 2.99. The standard InChI is InChI=1S/C5H5.C4H9.3ClH.V/c1-2-4-5-3-1;1-4(2)3;;;;/h1-3H,4H2;1-3H3;3*1H;/q2*-1;;;;+2. The minimum atomic E-state index is 0. The van der Waals surface area contributed by atoms with Gasteiger partial charge in [-0.15, -0.1) is 43.6 Å². The first-order valence-corrected chi connectivity index (χ1v) is 3.22. The van der Waals surface area contributed by atoms with E-state index in [-0.39, 0.29) is 55.8 Å². The average Bonchev–Trinajstić information content (AvgIpc) is 2.11. The van der Waals surface area contributed by atoms with Crippen LogP contribution in [0.25, 0.3) is 0 Å². The molecule has 0 fully saturated rings. The molecule has 0 heterocycles. The van der Waals surface area contributed by atoms with Crippen LogP contribution < -0.4 is 0 Å². The summed E-state index contributed by atoms with van der Waals surface area (Å²) in [7, 11) is 0. The molecule has 0 aromatic carbocycles. The van der Waals surface area contributed by atoms with Gasteiger partial charge in [0.2, 0.25) is 0 Å². The van der Waals surface area contributed by atoms with Crippen LogP contribution in [-0.4, -0.2) is 0 Å². The first-order chi connectivity index (χ1) is 4.23. The monoisotopic (exact) mass is 281 g/mol. The van der Waals surface area contributed by atoms with Crippen molar-refractivity contribution in [2.45, 2.75) is 27.2 Å². The van der Waals surface area contributed by atoms with Crippen molar-refractivity contribution in [2.24, 2.45) is 0 Å². The molecule has 0 bridgehead atoms. The Hall–Kier alpha value is 0.934. The molecule has 1 radical (unpaired) electrons. The SMILES string of the molecule is C[C-](C)C.Cl.Cl.Cl.[C-]1=CC=CC1.[V+2]. The zero-order valence-electron chi connectivity index (χ0n) is 8.11. The molecule has 0 amide bonds. The molecule has 0 saturated carbocycles. The van der Waals surface area contributed by atoms with Crippen LogP contribution in [0.5, 0.6) is 0 Å². The fourth-order valence-electron chi connectivity index (χ4n) is 0.340. The molecule has 0 aliphatic heterocycles. The van der Waals surface area contributed by atoms with Crippen molar-refractivity contribution in [3.05, 3.63) is 30.2 Å². The van der Waals surface area contributed by atoms with E-state index in [9.17, 15) is 0 Å². The molecule has 0 nitrogen and oxygen atoms in total. The van der Waals surface area contributed by atoms with Crippen LogP contribution in [0, 0.1) is 12.0 Å². The van der Waals surface area contributed by atoms with E-state index in [1.165, 1.54) is 5.92 Å². The molecular weight excluding hydrogens is 265 g/mol. The van der Waals surface area contributed by atoms with Gasteiger partial charge in [-0.1, -0.05) is 0 Å². The Morgan fingerprint density at radius 1 is 1.08 bits per heavy atom. The fraction of sp³-hybridized carbons (Fsp3) is 0.444. The van der Waals surface area contributed by atoms with Crippen molar-refractivity contribution < 1.29 is 18.6 Å². The van der Waals surface area contributed by atoms with E-state index in [4.69, 9.17) is 0 Å². The molecule has 1 aliphatic rings. The molecule has 79 valence electrons. The van der Waals surface area contributed by atoms with Crippen molar-refractivity contribution >= 4 is 37.2 Å². The third kappa shape index (κ3) is 43.9. The van der Waals surface area contributed by atoms with Crippen LogP contribution in [0.15, 0.2) is 18.2 Å². The molecule has 0 spiro atoms. The largest absolute Gasteiger partial charge is 2.00 e. The van der Waals surface area contributed by atoms with Gasteiger partial charge < -0.3 is 5.92 Å². The van der Waals surface area contributed by atoms with Crippen LogP contribution >= 0.6 is 37.2 Å². The van der Waals surface area contributed by atoms with E-state index in [1.807, 2.05) is 12.2 Å². The molecule has 0 atom stereocenters. The van der Waals surface area contributed by atoms with Crippen molar-refractivity contribution in [2.75, 3.05) is 0 Å². The van der Waals surface area contributed by atoms with Crippen LogP contribution in [0.4, 0.5) is 0 Å². The smallest absolute Gasteiger partial charge is 0.323 e. The molecule has 0 saturated heterocycles. The summed E-state index contributed by atoms with van der Waals surface area (Å²) >= 11 is 0. The van der Waals surface area contributed by atoms with Crippen LogP contribution in [0.2, 0.25) is 0 Å². The minimum absolute atomic E-state index is 0. The van der Waals surface area contributed by atoms with Crippen molar-refractivity contribution in [3.8, 4) is 0 Å². The molecule has 0 unspecified atom stereocenters. The van der Waals surface area contributed by atoms with Gasteiger partial charge in [0.1, 0.15) is 0 Å². The van der Waals surface area contributed by atoms with E-state index < -0.39 is 0 Å². The van der Waals surface area contributed by atoms with E-state index in [0.29, 0.717) is 0 Å². The third-order valence-corrected chi connectivity index (χ3v) is 0.586. The maximum absolute atomic E-state index is 2.99. The Balaban J connectivity index is -0.0000000256. The van der Waals surface area contributed by atoms with E-state index in [1.54, 1.807) is 0 Å². The summed E-state index contributed by atoms with van der Waals surface area (Å²) in [6, 6.07) is 0. The summed E-state index contributed by atoms with van der Waals surface area (Å²) < 4.78 is 0. The molecule has 0 aromatic rings. The second kappa shape index (κ2) is 23.1. The molecule has 1 aliphatic carbocycles. The zero-order valence-corrected chi connectivity index (χ0v) is 12.0. The second-order valence-corrected chi connectivity index (χ2v) is 2.50. The van der Waals surface area contributed by atoms with E-state index in [2.05, 4.69) is 32.9 Å². The van der Waals surface area contributed by atoms with Crippen molar-refractivity contribution in [1.82, 2.24) is 0 Å². The first-order valence-electron chi connectivity index (χ1n) is 3.22. The molecule has 0 aromatic heterocycles. The molecular formula is C9H17Cl3V. The van der Waals surface area contributed by atoms with Gasteiger partial charge in [-0.3, -0.25) is 6.08 Å². The summed E-state index contributed by atoms with van der Waals surface area (Å²) in [5.41, 5.74) is 0. The molecule has 0 N–H and O–H groups in total. The van der Waals surface area contributed by atoms with Gasteiger partial charge in [-0.05, 0) is 0 Å². The van der Waals surface area contributed by atoms with Crippen molar-refractivity contribution in [3.63, 3.8) is 0 Å². The van der Waals surface area contributed by atoms with Crippen LogP contribution in [0.1, 0.15) is 27.2 Å². The van der Waals surface area contributed by atoms with Gasteiger partial charge >= 0.3 is 18.6 Å². The van der Waals surface area contributed by atoms with Gasteiger partial charge in [0.15, 0.2) is 0 Å². The number of hydrogen-bond acceptors (Lipinski definition) is 0. The van der Waals surface area contributed by atoms with Gasteiger partial charge in [-0.25, -0.2) is 12.2 Å². The predicted octanol–water partition coefficient (Wildman–Crippen LogP) is 4.19. The zero-order chi connectivity index (χ0) is 7.11. The normalized spacial score (nSPS) is 9.54.